The van der Waals surface area contributed by atoms with E-state index < -0.39 is 0 Å². The van der Waals surface area contributed by atoms with Gasteiger partial charge in [0.1, 0.15) is 12.4 Å². The van der Waals surface area contributed by atoms with Crippen LogP contribution in [0.2, 0.25) is 5.02 Å². The summed E-state index contributed by atoms with van der Waals surface area (Å²) in [5.74, 6) is 0.785. The van der Waals surface area contributed by atoms with Crippen LogP contribution in [0.4, 0.5) is 0 Å². The Kier molecular flexibility index (Phi) is 6.64. The molecule has 4 nitrogen and oxygen atoms in total. The van der Waals surface area contributed by atoms with Crippen LogP contribution in [-0.2, 0) is 17.8 Å². The first-order valence-corrected chi connectivity index (χ1v) is 8.29. The molecule has 0 spiro atoms. The van der Waals surface area contributed by atoms with Gasteiger partial charge in [0.2, 0.25) is 5.91 Å². The van der Waals surface area contributed by atoms with Gasteiger partial charge in [0.15, 0.2) is 0 Å². The quantitative estimate of drug-likeness (QED) is 0.837. The number of hydrogen-bond donors (Lipinski definition) is 1. The minimum atomic E-state index is 0.0295. The number of benzene rings is 2. The highest BCUT2D eigenvalue weighted by Gasteiger charge is 2.14. The van der Waals surface area contributed by atoms with Crippen LogP contribution in [0.15, 0.2) is 48.5 Å². The number of rotatable bonds is 7. The second-order valence-electron chi connectivity index (χ2n) is 5.83. The van der Waals surface area contributed by atoms with Crippen LogP contribution in [0.5, 0.6) is 5.75 Å². The molecule has 128 valence electrons. The van der Waals surface area contributed by atoms with Gasteiger partial charge < -0.3 is 15.4 Å². The molecule has 2 N–H and O–H groups in total. The van der Waals surface area contributed by atoms with Gasteiger partial charge in [0, 0.05) is 24.7 Å². The minimum absolute atomic E-state index is 0.0295. The molecule has 2 aromatic carbocycles. The van der Waals surface area contributed by atoms with Crippen LogP contribution >= 0.6 is 11.6 Å². The first kappa shape index (κ1) is 18.3. The normalized spacial score (nSPS) is 11.8. The summed E-state index contributed by atoms with van der Waals surface area (Å²) in [5.41, 5.74) is 7.57. The molecule has 0 aliphatic rings. The average Bonchev–Trinajstić information content (AvgIpc) is 2.60. The molecule has 0 heterocycles. The zero-order chi connectivity index (χ0) is 17.5. The Labute approximate surface area is 148 Å². The fourth-order valence-electron chi connectivity index (χ4n) is 2.20. The molecule has 1 unspecified atom stereocenters. The number of halogens is 1. The number of nitrogens with two attached hydrogens (primary N) is 1. The van der Waals surface area contributed by atoms with E-state index in [1.54, 1.807) is 11.9 Å². The molecular formula is C19H23ClN2O2. The molecule has 1 atom stereocenters. The summed E-state index contributed by atoms with van der Waals surface area (Å²) in [6.07, 6.45) is 0.332. The van der Waals surface area contributed by atoms with Crippen molar-refractivity contribution in [1.82, 2.24) is 4.90 Å². The molecule has 24 heavy (non-hydrogen) atoms. The smallest absolute Gasteiger partial charge is 0.227 e. The van der Waals surface area contributed by atoms with Crippen molar-refractivity contribution >= 4 is 17.5 Å². The lowest BCUT2D eigenvalue weighted by Gasteiger charge is -2.23. The summed E-state index contributed by atoms with van der Waals surface area (Å²) in [6, 6.07) is 15.2. The Morgan fingerprint density at radius 2 is 1.92 bits per heavy atom. The second kappa shape index (κ2) is 8.71. The highest BCUT2D eigenvalue weighted by atomic mass is 35.5. The standard InChI is InChI=1S/C19H23ClN2O2/c1-14(12-21)22(2)19(23)11-16-4-3-5-18(10-16)24-13-15-6-8-17(20)9-7-15/h3-10,14H,11-13,21H2,1-2H3. The molecule has 2 aromatic rings. The fraction of sp³-hybridized carbons (Fsp3) is 0.316. The van der Waals surface area contributed by atoms with E-state index in [1.807, 2.05) is 55.5 Å². The third-order valence-electron chi connectivity index (χ3n) is 3.97. The number of amides is 1. The van der Waals surface area contributed by atoms with Crippen LogP contribution in [0.3, 0.4) is 0 Å². The molecule has 0 saturated carbocycles. The predicted octanol–water partition coefficient (Wildman–Crippen LogP) is 3.27. The van der Waals surface area contributed by atoms with Crippen molar-refractivity contribution in [3.8, 4) is 5.75 Å². The van der Waals surface area contributed by atoms with E-state index in [1.165, 1.54) is 0 Å². The SMILES string of the molecule is CC(CN)N(C)C(=O)Cc1cccc(OCc2ccc(Cl)cc2)c1. The van der Waals surface area contributed by atoms with Gasteiger partial charge in [-0.1, -0.05) is 35.9 Å². The van der Waals surface area contributed by atoms with Crippen LogP contribution in [0.1, 0.15) is 18.1 Å². The molecule has 2 rings (SSSR count). The molecule has 0 aliphatic heterocycles. The Balaban J connectivity index is 1.95. The first-order valence-electron chi connectivity index (χ1n) is 7.91. The van der Waals surface area contributed by atoms with E-state index in [0.29, 0.717) is 24.6 Å². The van der Waals surface area contributed by atoms with Crippen molar-refractivity contribution < 1.29 is 9.53 Å². The average molecular weight is 347 g/mol. The summed E-state index contributed by atoms with van der Waals surface area (Å²) < 4.78 is 5.80. The van der Waals surface area contributed by atoms with Crippen molar-refractivity contribution in [1.29, 1.82) is 0 Å². The maximum Gasteiger partial charge on any atom is 0.227 e. The highest BCUT2D eigenvalue weighted by Crippen LogP contribution is 2.17. The van der Waals surface area contributed by atoms with Gasteiger partial charge in [-0.2, -0.15) is 0 Å². The van der Waals surface area contributed by atoms with Gasteiger partial charge in [-0.15, -0.1) is 0 Å². The van der Waals surface area contributed by atoms with Crippen LogP contribution in [0, 0.1) is 0 Å². The van der Waals surface area contributed by atoms with E-state index in [9.17, 15) is 4.79 Å². The van der Waals surface area contributed by atoms with Gasteiger partial charge in [-0.3, -0.25) is 4.79 Å². The van der Waals surface area contributed by atoms with Crippen LogP contribution in [0.25, 0.3) is 0 Å². The molecule has 0 aromatic heterocycles. The van der Waals surface area contributed by atoms with E-state index in [0.717, 1.165) is 16.9 Å². The summed E-state index contributed by atoms with van der Waals surface area (Å²) in [4.78, 5) is 13.9. The summed E-state index contributed by atoms with van der Waals surface area (Å²) in [5, 5.41) is 0.704. The third-order valence-corrected chi connectivity index (χ3v) is 4.22. The number of nitrogens with zero attached hydrogens (tertiary/aromatic N) is 1. The summed E-state index contributed by atoms with van der Waals surface area (Å²) >= 11 is 5.87. The predicted molar refractivity (Wildman–Crippen MR) is 97.2 cm³/mol. The Hall–Kier alpha value is -2.04. The second-order valence-corrected chi connectivity index (χ2v) is 6.27. The van der Waals surface area contributed by atoms with E-state index in [-0.39, 0.29) is 11.9 Å². The topological polar surface area (TPSA) is 55.6 Å². The lowest BCUT2D eigenvalue weighted by Crippen LogP contribution is -2.40. The van der Waals surface area contributed by atoms with Gasteiger partial charge in [-0.05, 0) is 42.3 Å². The molecule has 0 aliphatic carbocycles. The fourth-order valence-corrected chi connectivity index (χ4v) is 2.32. The molecule has 1 amide bonds. The van der Waals surface area contributed by atoms with Crippen molar-refractivity contribution in [2.45, 2.75) is 26.0 Å². The lowest BCUT2D eigenvalue weighted by molar-refractivity contribution is -0.130. The van der Waals surface area contributed by atoms with Gasteiger partial charge in [0.05, 0.1) is 6.42 Å². The van der Waals surface area contributed by atoms with Crippen molar-refractivity contribution in [3.05, 3.63) is 64.7 Å². The maximum absolute atomic E-state index is 12.3. The van der Waals surface area contributed by atoms with E-state index in [2.05, 4.69) is 0 Å². The number of carbonyl (C=O) groups is 1. The lowest BCUT2D eigenvalue weighted by atomic mass is 10.1. The number of likely N-dealkylation sites (N-methyl/N-ethyl adjacent to an activating group) is 1. The number of carbonyl (C=O) groups excluding carboxylic acids is 1. The van der Waals surface area contributed by atoms with Gasteiger partial charge in [-0.25, -0.2) is 0 Å². The van der Waals surface area contributed by atoms with Gasteiger partial charge >= 0.3 is 0 Å². The molecule has 0 fully saturated rings. The van der Waals surface area contributed by atoms with Crippen molar-refractivity contribution in [2.24, 2.45) is 5.73 Å². The Bertz CT molecular complexity index is 673. The molecule has 0 bridgehead atoms. The summed E-state index contributed by atoms with van der Waals surface area (Å²) in [7, 11) is 1.78. The van der Waals surface area contributed by atoms with E-state index >= 15 is 0 Å². The monoisotopic (exact) mass is 346 g/mol. The zero-order valence-electron chi connectivity index (χ0n) is 14.0. The van der Waals surface area contributed by atoms with Crippen molar-refractivity contribution in [3.63, 3.8) is 0 Å². The largest absolute Gasteiger partial charge is 0.489 e. The molecular weight excluding hydrogens is 324 g/mol. The maximum atomic E-state index is 12.3. The van der Waals surface area contributed by atoms with Gasteiger partial charge in [0.25, 0.3) is 0 Å². The molecule has 5 heteroatoms. The highest BCUT2D eigenvalue weighted by molar-refractivity contribution is 6.30. The third kappa shape index (κ3) is 5.25. The zero-order valence-corrected chi connectivity index (χ0v) is 14.8. The molecule has 0 radical (unpaired) electrons. The summed E-state index contributed by atoms with van der Waals surface area (Å²) in [6.45, 7) is 2.84. The number of ether oxygens (including phenoxy) is 1. The Morgan fingerprint density at radius 3 is 2.58 bits per heavy atom. The molecule has 0 saturated heterocycles. The Morgan fingerprint density at radius 1 is 1.21 bits per heavy atom. The van der Waals surface area contributed by atoms with Crippen LogP contribution < -0.4 is 10.5 Å². The number of hydrogen-bond acceptors (Lipinski definition) is 3. The first-order chi connectivity index (χ1) is 11.5. The minimum Gasteiger partial charge on any atom is -0.489 e. The van der Waals surface area contributed by atoms with E-state index in [4.69, 9.17) is 22.1 Å². The van der Waals surface area contributed by atoms with Crippen molar-refractivity contribution in [2.75, 3.05) is 13.6 Å². The van der Waals surface area contributed by atoms with Crippen LogP contribution in [-0.4, -0.2) is 30.4 Å².